The molecule has 1 heterocycles. The number of hydrogen-bond donors (Lipinski definition) is 3. The van der Waals surface area contributed by atoms with Gasteiger partial charge < -0.3 is 29.5 Å². The van der Waals surface area contributed by atoms with E-state index < -0.39 is 46.9 Å². The van der Waals surface area contributed by atoms with Gasteiger partial charge in [-0.05, 0) is 37.1 Å². The first-order valence-electron chi connectivity index (χ1n) is 12.7. The van der Waals surface area contributed by atoms with Crippen LogP contribution in [0.5, 0.6) is 0 Å². The topological polar surface area (TPSA) is 109 Å². The molecule has 5 aliphatic carbocycles. The molecule has 8 nitrogen and oxygen atoms in total. The van der Waals surface area contributed by atoms with Crippen LogP contribution in [0.4, 0.5) is 0 Å². The van der Waals surface area contributed by atoms with Gasteiger partial charge in [0.1, 0.15) is 17.3 Å². The van der Waals surface area contributed by atoms with E-state index in [1.54, 1.807) is 14.2 Å². The predicted octanol–water partition coefficient (Wildman–Crippen LogP) is 0.561. The molecule has 186 valence electrons. The number of ether oxygens (including phenoxy) is 3. The molecular formula is C25H39NO7. The summed E-state index contributed by atoms with van der Waals surface area (Å²) in [4.78, 5) is 14.5. The number of carbonyl (C=O) groups excluding carboxylic acids is 1. The fourth-order valence-corrected chi connectivity index (χ4v) is 10.7. The fraction of sp³-hybridized carbons (Fsp3) is 0.960. The number of piperidine rings is 1. The number of fused-ring (bicyclic) bond motifs is 2. The van der Waals surface area contributed by atoms with Gasteiger partial charge in [0.25, 0.3) is 0 Å². The number of esters is 1. The molecule has 0 amide bonds. The maximum absolute atomic E-state index is 12.9. The van der Waals surface area contributed by atoms with Crippen molar-refractivity contribution in [2.45, 2.75) is 88.1 Å². The standard InChI is InChI=1S/C25H39NO7/c1-6-26-11-22(3)8-7-16(28)24-14-9-13-15(31-4)10-23(29,17(14)18(13)33-12(2)27)25(30,21(24)26)20(32-5)19(22)24/h13-21,28-30H,6-11H2,1-5H3/t13-,14-,15-,16-,17-,18+,19+,20+,21-,22-,23-,24-,25+/m0/s1. The molecule has 0 radical (unpaired) electrons. The van der Waals surface area contributed by atoms with Gasteiger partial charge in [-0.15, -0.1) is 0 Å². The van der Waals surface area contributed by atoms with E-state index in [4.69, 9.17) is 14.2 Å². The number of carbonyl (C=O) groups is 1. The van der Waals surface area contributed by atoms with E-state index in [0.717, 1.165) is 19.5 Å². The SMILES string of the molecule is CCN1C[C@]2(C)CC[C@H](O)[C@@]34[C@@H]2[C@@H](OC)[C@@](O)([C@@H]13)[C@]1(O)C[C@H](OC)[C@@H]2C[C@H]4[C@H]1[C@@H]2OC(C)=O. The zero-order valence-corrected chi connectivity index (χ0v) is 20.4. The van der Waals surface area contributed by atoms with Crippen LogP contribution in [0.15, 0.2) is 0 Å². The summed E-state index contributed by atoms with van der Waals surface area (Å²) in [7, 11) is 3.25. The summed E-state index contributed by atoms with van der Waals surface area (Å²) in [6, 6.07) is -0.424. The summed E-state index contributed by atoms with van der Waals surface area (Å²) in [5.74, 6) is -1.11. The molecule has 0 aromatic carbocycles. The summed E-state index contributed by atoms with van der Waals surface area (Å²) in [5, 5.41) is 37.4. The summed E-state index contributed by atoms with van der Waals surface area (Å²) in [6.45, 7) is 7.30. The fourth-order valence-electron chi connectivity index (χ4n) is 10.7. The van der Waals surface area contributed by atoms with E-state index in [9.17, 15) is 20.1 Å². The smallest absolute Gasteiger partial charge is 0.302 e. The lowest BCUT2D eigenvalue weighted by atomic mass is 9.43. The summed E-state index contributed by atoms with van der Waals surface area (Å²) in [5.41, 5.74) is -3.96. The zero-order valence-electron chi connectivity index (χ0n) is 20.4. The van der Waals surface area contributed by atoms with E-state index in [2.05, 4.69) is 18.7 Å². The normalized spacial score (nSPS) is 60.7. The van der Waals surface area contributed by atoms with Crippen LogP contribution in [0.1, 0.15) is 46.5 Å². The number of rotatable bonds is 4. The van der Waals surface area contributed by atoms with Crippen molar-refractivity contribution >= 4 is 5.97 Å². The highest BCUT2D eigenvalue weighted by Crippen LogP contribution is 2.80. The Morgan fingerprint density at radius 1 is 1.21 bits per heavy atom. The van der Waals surface area contributed by atoms with Crippen LogP contribution in [0.3, 0.4) is 0 Å². The molecule has 7 bridgehead atoms. The molecule has 13 atom stereocenters. The molecule has 8 heteroatoms. The van der Waals surface area contributed by atoms with Crippen LogP contribution in [-0.2, 0) is 19.0 Å². The van der Waals surface area contributed by atoms with Gasteiger partial charge in [-0.2, -0.15) is 0 Å². The second-order valence-electron chi connectivity index (χ2n) is 12.1. The minimum absolute atomic E-state index is 0.0660. The monoisotopic (exact) mass is 465 g/mol. The molecule has 6 rings (SSSR count). The number of likely N-dealkylation sites (N-methyl/N-ethyl adjacent to an activating group) is 1. The Labute approximate surface area is 195 Å². The molecule has 0 aromatic rings. The molecule has 5 saturated carbocycles. The van der Waals surface area contributed by atoms with Crippen LogP contribution in [0.25, 0.3) is 0 Å². The lowest BCUT2D eigenvalue weighted by Crippen LogP contribution is -2.81. The third-order valence-electron chi connectivity index (χ3n) is 11.3. The average molecular weight is 466 g/mol. The third-order valence-corrected chi connectivity index (χ3v) is 11.3. The highest BCUT2D eigenvalue weighted by atomic mass is 16.6. The maximum atomic E-state index is 12.9. The molecule has 1 saturated heterocycles. The van der Waals surface area contributed by atoms with Gasteiger partial charge in [0.05, 0.1) is 24.4 Å². The van der Waals surface area contributed by atoms with E-state index in [1.165, 1.54) is 6.92 Å². The molecule has 1 aliphatic heterocycles. The Bertz CT molecular complexity index is 870. The molecule has 1 spiro atoms. The number of nitrogens with zero attached hydrogens (tertiary/aromatic N) is 1. The molecule has 0 aromatic heterocycles. The molecule has 6 fully saturated rings. The third kappa shape index (κ3) is 2.20. The van der Waals surface area contributed by atoms with Gasteiger partial charge >= 0.3 is 5.97 Å². The Morgan fingerprint density at radius 3 is 2.55 bits per heavy atom. The quantitative estimate of drug-likeness (QED) is 0.517. The molecule has 6 aliphatic rings. The van der Waals surface area contributed by atoms with Gasteiger partial charge in [0, 0.05) is 57.3 Å². The van der Waals surface area contributed by atoms with E-state index in [-0.39, 0.29) is 41.7 Å². The number of hydrogen-bond acceptors (Lipinski definition) is 8. The second-order valence-corrected chi connectivity index (χ2v) is 12.1. The first kappa shape index (κ1) is 22.7. The lowest BCUT2D eigenvalue weighted by molar-refractivity contribution is -0.316. The van der Waals surface area contributed by atoms with Crippen molar-refractivity contribution in [3.05, 3.63) is 0 Å². The van der Waals surface area contributed by atoms with Crippen molar-refractivity contribution in [3.8, 4) is 0 Å². The van der Waals surface area contributed by atoms with E-state index >= 15 is 0 Å². The Balaban J connectivity index is 1.65. The van der Waals surface area contributed by atoms with Crippen LogP contribution in [-0.4, -0.2) is 95.2 Å². The minimum Gasteiger partial charge on any atom is -0.462 e. The number of aliphatic hydroxyl groups is 3. The zero-order chi connectivity index (χ0) is 23.7. The minimum atomic E-state index is -1.61. The lowest BCUT2D eigenvalue weighted by Gasteiger charge is -2.69. The summed E-state index contributed by atoms with van der Waals surface area (Å²) in [6.07, 6.45) is 0.363. The Kier molecular flexibility index (Phi) is 4.61. The largest absolute Gasteiger partial charge is 0.462 e. The molecule has 0 unspecified atom stereocenters. The number of likely N-dealkylation sites (tertiary alicyclic amines) is 1. The van der Waals surface area contributed by atoms with Gasteiger partial charge in [-0.25, -0.2) is 0 Å². The average Bonchev–Trinajstić information content (AvgIpc) is 3.16. The van der Waals surface area contributed by atoms with Crippen molar-refractivity contribution in [2.75, 3.05) is 27.3 Å². The van der Waals surface area contributed by atoms with E-state index in [1.807, 2.05) is 0 Å². The van der Waals surface area contributed by atoms with Gasteiger partial charge in [0.2, 0.25) is 0 Å². The number of methoxy groups -OCH3 is 2. The highest BCUT2D eigenvalue weighted by molar-refractivity contribution is 5.66. The van der Waals surface area contributed by atoms with Crippen molar-refractivity contribution in [1.29, 1.82) is 0 Å². The van der Waals surface area contributed by atoms with Crippen molar-refractivity contribution in [2.24, 2.45) is 34.5 Å². The maximum Gasteiger partial charge on any atom is 0.302 e. The molecule has 3 N–H and O–H groups in total. The Morgan fingerprint density at radius 2 is 1.94 bits per heavy atom. The van der Waals surface area contributed by atoms with Crippen molar-refractivity contribution in [1.82, 2.24) is 4.90 Å². The summed E-state index contributed by atoms with van der Waals surface area (Å²) < 4.78 is 17.9. The predicted molar refractivity (Wildman–Crippen MR) is 117 cm³/mol. The second kappa shape index (κ2) is 6.71. The Hall–Kier alpha value is -0.770. The first-order chi connectivity index (χ1) is 15.6. The first-order valence-corrected chi connectivity index (χ1v) is 12.7. The van der Waals surface area contributed by atoms with Gasteiger partial charge in [-0.3, -0.25) is 9.69 Å². The van der Waals surface area contributed by atoms with Crippen LogP contribution < -0.4 is 0 Å². The molecule has 33 heavy (non-hydrogen) atoms. The number of aliphatic hydroxyl groups excluding tert-OH is 1. The van der Waals surface area contributed by atoms with Gasteiger partial charge in [0.15, 0.2) is 0 Å². The summed E-state index contributed by atoms with van der Waals surface area (Å²) >= 11 is 0. The van der Waals surface area contributed by atoms with Crippen LogP contribution >= 0.6 is 0 Å². The van der Waals surface area contributed by atoms with Crippen LogP contribution in [0, 0.1) is 34.5 Å². The van der Waals surface area contributed by atoms with E-state index in [0.29, 0.717) is 12.8 Å². The highest BCUT2D eigenvalue weighted by Gasteiger charge is 2.91. The van der Waals surface area contributed by atoms with Gasteiger partial charge in [-0.1, -0.05) is 13.8 Å². The van der Waals surface area contributed by atoms with Crippen LogP contribution in [0.2, 0.25) is 0 Å². The molecular weight excluding hydrogens is 426 g/mol. The van der Waals surface area contributed by atoms with Crippen molar-refractivity contribution in [3.63, 3.8) is 0 Å². The van der Waals surface area contributed by atoms with Crippen molar-refractivity contribution < 1.29 is 34.3 Å².